The lowest BCUT2D eigenvalue weighted by Crippen LogP contribution is -2.32. The molecule has 0 N–H and O–H groups in total. The number of aliphatic imine (C=N–C) groups is 1. The number of carbonyl (C=O) groups is 1. The Morgan fingerprint density at radius 1 is 1.00 bits per heavy atom. The molecule has 1 aliphatic heterocycles. The third-order valence-electron chi connectivity index (χ3n) is 3.24. The van der Waals surface area contributed by atoms with E-state index in [4.69, 9.17) is 0 Å². The topological polar surface area (TPSA) is 32.7 Å². The van der Waals surface area contributed by atoms with Crippen molar-refractivity contribution in [3.05, 3.63) is 66.2 Å². The van der Waals surface area contributed by atoms with E-state index in [1.165, 1.54) is 0 Å². The summed E-state index contributed by atoms with van der Waals surface area (Å²) in [6.45, 7) is 0. The molecule has 0 radical (unpaired) electrons. The van der Waals surface area contributed by atoms with Gasteiger partial charge in [0, 0.05) is 12.7 Å². The Kier molecular flexibility index (Phi) is 2.88. The van der Waals surface area contributed by atoms with Gasteiger partial charge in [-0.25, -0.2) is 0 Å². The number of hydrogen-bond donors (Lipinski definition) is 0. The molecule has 94 valence electrons. The number of rotatable bonds is 3. The van der Waals surface area contributed by atoms with Crippen molar-refractivity contribution in [2.24, 2.45) is 4.99 Å². The van der Waals surface area contributed by atoms with Crippen LogP contribution in [0.25, 0.3) is 0 Å². The van der Waals surface area contributed by atoms with Gasteiger partial charge < -0.3 is 4.90 Å². The molecule has 0 spiro atoms. The fourth-order valence-corrected chi connectivity index (χ4v) is 2.08. The van der Waals surface area contributed by atoms with Crippen LogP contribution in [0.15, 0.2) is 65.7 Å². The average Bonchev–Trinajstić information content (AvgIpc) is 3.28. The molecule has 0 bridgehead atoms. The van der Waals surface area contributed by atoms with Crippen LogP contribution in [0.4, 0.5) is 5.69 Å². The zero-order chi connectivity index (χ0) is 13.2. The lowest BCUT2D eigenvalue weighted by atomic mass is 10.1. The number of carbonyl (C=O) groups excluding carboxylic acids is 1. The monoisotopic (exact) mass is 250 g/mol. The molecule has 1 heterocycles. The molecule has 1 aliphatic rings. The normalized spacial score (nSPS) is 16.7. The van der Waals surface area contributed by atoms with Crippen molar-refractivity contribution in [3.63, 3.8) is 0 Å². The van der Waals surface area contributed by atoms with Gasteiger partial charge in [-0.15, -0.1) is 0 Å². The van der Waals surface area contributed by atoms with Gasteiger partial charge in [0.25, 0.3) is 5.91 Å². The molecule has 2 aromatic carbocycles. The van der Waals surface area contributed by atoms with E-state index >= 15 is 0 Å². The summed E-state index contributed by atoms with van der Waals surface area (Å²) in [6, 6.07) is 19.1. The smallest absolute Gasteiger partial charge is 0.257 e. The van der Waals surface area contributed by atoms with Crippen LogP contribution in [0.5, 0.6) is 0 Å². The Bertz CT molecular complexity index is 620. The molecule has 0 aromatic heterocycles. The van der Waals surface area contributed by atoms with Gasteiger partial charge in [0.15, 0.2) is 6.04 Å². The maximum atomic E-state index is 12.3. The number of likely N-dealkylation sites (N-methyl/N-ethyl adjacent to an activating group) is 1. The summed E-state index contributed by atoms with van der Waals surface area (Å²) in [4.78, 5) is 18.3. The minimum absolute atomic E-state index is 0.0186. The summed E-state index contributed by atoms with van der Waals surface area (Å²) in [5, 5.41) is 0. The first-order valence-electron chi connectivity index (χ1n) is 6.23. The molecule has 3 rings (SSSR count). The maximum absolute atomic E-state index is 12.3. The van der Waals surface area contributed by atoms with Gasteiger partial charge in [0.05, 0.1) is 5.71 Å². The lowest BCUT2D eigenvalue weighted by Gasteiger charge is -2.16. The number of hydrogen-bond acceptors (Lipinski definition) is 2. The average molecular weight is 250 g/mol. The van der Waals surface area contributed by atoms with Crippen LogP contribution in [-0.4, -0.2) is 24.7 Å². The predicted octanol–water partition coefficient (Wildman–Crippen LogP) is 2.52. The van der Waals surface area contributed by atoms with E-state index in [0.29, 0.717) is 0 Å². The van der Waals surface area contributed by atoms with Gasteiger partial charge in [-0.3, -0.25) is 9.79 Å². The van der Waals surface area contributed by atoms with Crippen LogP contribution >= 0.6 is 0 Å². The van der Waals surface area contributed by atoms with E-state index in [1.54, 1.807) is 11.9 Å². The fourth-order valence-electron chi connectivity index (χ4n) is 2.08. The number of nitrogens with zero attached hydrogens (tertiary/aromatic N) is 2. The minimum atomic E-state index is -0.312. The number of benzene rings is 2. The van der Waals surface area contributed by atoms with E-state index in [1.807, 2.05) is 60.7 Å². The van der Waals surface area contributed by atoms with Gasteiger partial charge in [0.1, 0.15) is 0 Å². The zero-order valence-corrected chi connectivity index (χ0v) is 10.7. The molecule has 0 fully saturated rings. The third kappa shape index (κ3) is 2.27. The lowest BCUT2D eigenvalue weighted by molar-refractivity contribution is -0.117. The van der Waals surface area contributed by atoms with E-state index in [-0.39, 0.29) is 11.9 Å². The van der Waals surface area contributed by atoms with Gasteiger partial charge in [0.2, 0.25) is 0 Å². The molecule has 0 aliphatic carbocycles. The van der Waals surface area contributed by atoms with Crippen LogP contribution in [0.3, 0.4) is 0 Å². The summed E-state index contributed by atoms with van der Waals surface area (Å²) < 4.78 is 0. The van der Waals surface area contributed by atoms with E-state index < -0.39 is 0 Å². The highest BCUT2D eigenvalue weighted by molar-refractivity contribution is 6.28. The van der Waals surface area contributed by atoms with Crippen LogP contribution < -0.4 is 4.90 Å². The minimum Gasteiger partial charge on any atom is -0.313 e. The first kappa shape index (κ1) is 11.7. The fraction of sp³-hybridized carbons (Fsp3) is 0.125. The number of para-hydroxylation sites is 1. The first-order chi connectivity index (χ1) is 9.27. The summed E-state index contributed by atoms with van der Waals surface area (Å²) >= 11 is 0. The molecule has 3 heteroatoms. The van der Waals surface area contributed by atoms with E-state index in [2.05, 4.69) is 4.99 Å². The van der Waals surface area contributed by atoms with Gasteiger partial charge in [-0.2, -0.15) is 0 Å². The van der Waals surface area contributed by atoms with Crippen LogP contribution in [0, 0.1) is 0 Å². The second-order valence-electron chi connectivity index (χ2n) is 4.52. The largest absolute Gasteiger partial charge is 0.313 e. The number of amides is 1. The van der Waals surface area contributed by atoms with Crippen molar-refractivity contribution >= 4 is 17.3 Å². The second-order valence-corrected chi connectivity index (χ2v) is 4.52. The highest BCUT2D eigenvalue weighted by Gasteiger charge is 2.37. The Balaban J connectivity index is 1.71. The molecule has 0 saturated heterocycles. The van der Waals surface area contributed by atoms with Crippen molar-refractivity contribution in [2.45, 2.75) is 6.04 Å². The first-order valence-corrected chi connectivity index (χ1v) is 6.23. The molecular formula is C16H14N2O. The summed E-state index contributed by atoms with van der Waals surface area (Å²) in [5.74, 6) is 0.0186. The van der Waals surface area contributed by atoms with Crippen molar-refractivity contribution in [2.75, 3.05) is 11.9 Å². The molecule has 0 saturated carbocycles. The molecule has 1 amide bonds. The molecule has 1 unspecified atom stereocenters. The standard InChI is InChI=1S/C16H14N2O/c1-18(13-10-6-3-7-11-13)16(19)15-14(17-15)12-8-4-2-5-9-12/h2-11,15H,1H3. The Labute approximate surface area is 112 Å². The van der Waals surface area contributed by atoms with Crippen LogP contribution in [-0.2, 0) is 4.79 Å². The molecule has 1 atom stereocenters. The predicted molar refractivity (Wildman–Crippen MR) is 76.6 cm³/mol. The Morgan fingerprint density at radius 3 is 2.21 bits per heavy atom. The highest BCUT2D eigenvalue weighted by atomic mass is 16.2. The summed E-state index contributed by atoms with van der Waals surface area (Å²) in [6.07, 6.45) is 0. The van der Waals surface area contributed by atoms with Gasteiger partial charge in [-0.1, -0.05) is 48.5 Å². The Hall–Kier alpha value is -2.42. The maximum Gasteiger partial charge on any atom is 0.257 e. The summed E-state index contributed by atoms with van der Waals surface area (Å²) in [5.41, 5.74) is 2.80. The zero-order valence-electron chi connectivity index (χ0n) is 10.7. The highest BCUT2D eigenvalue weighted by Crippen LogP contribution is 2.23. The van der Waals surface area contributed by atoms with Crippen LogP contribution in [0.1, 0.15) is 5.56 Å². The van der Waals surface area contributed by atoms with Crippen LogP contribution in [0.2, 0.25) is 0 Å². The summed E-state index contributed by atoms with van der Waals surface area (Å²) in [7, 11) is 1.79. The van der Waals surface area contributed by atoms with E-state index in [0.717, 1.165) is 17.0 Å². The SMILES string of the molecule is CN(C(=O)C1N=C1c1ccccc1)c1ccccc1. The van der Waals surface area contributed by atoms with Crippen molar-refractivity contribution in [1.29, 1.82) is 0 Å². The number of anilines is 1. The van der Waals surface area contributed by atoms with E-state index in [9.17, 15) is 4.79 Å². The van der Waals surface area contributed by atoms with Gasteiger partial charge in [-0.05, 0) is 17.7 Å². The third-order valence-corrected chi connectivity index (χ3v) is 3.24. The molecule has 19 heavy (non-hydrogen) atoms. The van der Waals surface area contributed by atoms with Gasteiger partial charge >= 0.3 is 0 Å². The van der Waals surface area contributed by atoms with Crippen molar-refractivity contribution in [3.8, 4) is 0 Å². The molecular weight excluding hydrogens is 236 g/mol. The van der Waals surface area contributed by atoms with Crippen molar-refractivity contribution < 1.29 is 4.79 Å². The molecule has 3 nitrogen and oxygen atoms in total. The molecule has 2 aromatic rings. The quantitative estimate of drug-likeness (QED) is 0.824. The second kappa shape index (κ2) is 4.69. The van der Waals surface area contributed by atoms with Crippen molar-refractivity contribution in [1.82, 2.24) is 0 Å². The Morgan fingerprint density at radius 2 is 1.58 bits per heavy atom.